The summed E-state index contributed by atoms with van der Waals surface area (Å²) in [5.41, 5.74) is 1.14. The van der Waals surface area contributed by atoms with Crippen LogP contribution in [0.15, 0.2) is 18.3 Å². The summed E-state index contributed by atoms with van der Waals surface area (Å²) in [7, 11) is 0. The Morgan fingerprint density at radius 3 is 2.39 bits per heavy atom. The standard InChI is InChI=1S/C17H23N3O3/c1-12-2-3-15(18-10-12)19-7-4-13(5-8-19)16(21)20-9-6-14(11-20)17(22)23/h2-3,10,13-14H,4-9,11H2,1H3,(H,22,23). The van der Waals surface area contributed by atoms with E-state index < -0.39 is 11.9 Å². The Morgan fingerprint density at radius 1 is 1.13 bits per heavy atom. The summed E-state index contributed by atoms with van der Waals surface area (Å²) in [5, 5.41) is 9.05. The summed E-state index contributed by atoms with van der Waals surface area (Å²) >= 11 is 0. The summed E-state index contributed by atoms with van der Waals surface area (Å²) in [5.74, 6) is -0.0699. The van der Waals surface area contributed by atoms with Gasteiger partial charge in [-0.25, -0.2) is 4.98 Å². The summed E-state index contributed by atoms with van der Waals surface area (Å²) in [6.45, 7) is 4.61. The molecule has 3 rings (SSSR count). The lowest BCUT2D eigenvalue weighted by Crippen LogP contribution is -2.42. The monoisotopic (exact) mass is 317 g/mol. The molecule has 0 spiro atoms. The van der Waals surface area contributed by atoms with E-state index >= 15 is 0 Å². The van der Waals surface area contributed by atoms with Gasteiger partial charge in [-0.1, -0.05) is 6.07 Å². The molecule has 2 aliphatic heterocycles. The van der Waals surface area contributed by atoms with Crippen molar-refractivity contribution in [3.8, 4) is 0 Å². The fourth-order valence-corrected chi connectivity index (χ4v) is 3.42. The second-order valence-electron chi connectivity index (χ2n) is 6.56. The number of rotatable bonds is 3. The van der Waals surface area contributed by atoms with Gasteiger partial charge in [0, 0.05) is 38.3 Å². The molecule has 1 unspecified atom stereocenters. The molecule has 1 N–H and O–H groups in total. The Labute approximate surface area is 136 Å². The highest BCUT2D eigenvalue weighted by Gasteiger charge is 2.35. The first-order valence-electron chi connectivity index (χ1n) is 8.24. The Bertz CT molecular complexity index is 579. The molecule has 1 aromatic heterocycles. The molecule has 6 nitrogen and oxygen atoms in total. The van der Waals surface area contributed by atoms with E-state index in [-0.39, 0.29) is 11.8 Å². The second kappa shape index (κ2) is 6.56. The summed E-state index contributed by atoms with van der Waals surface area (Å²) in [6, 6.07) is 4.07. The van der Waals surface area contributed by atoms with Crippen LogP contribution in [0, 0.1) is 18.8 Å². The first kappa shape index (κ1) is 15.8. The van der Waals surface area contributed by atoms with Crippen LogP contribution in [-0.4, -0.2) is 53.0 Å². The number of carbonyl (C=O) groups is 2. The lowest BCUT2D eigenvalue weighted by molar-refractivity contribution is -0.141. The van der Waals surface area contributed by atoms with Gasteiger partial charge in [-0.15, -0.1) is 0 Å². The van der Waals surface area contributed by atoms with E-state index in [4.69, 9.17) is 5.11 Å². The predicted octanol–water partition coefficient (Wildman–Crippen LogP) is 1.54. The Morgan fingerprint density at radius 2 is 1.83 bits per heavy atom. The van der Waals surface area contributed by atoms with Crippen LogP contribution in [0.3, 0.4) is 0 Å². The van der Waals surface area contributed by atoms with Gasteiger partial charge < -0.3 is 14.9 Å². The van der Waals surface area contributed by atoms with E-state index in [0.29, 0.717) is 19.5 Å². The van der Waals surface area contributed by atoms with Crippen molar-refractivity contribution in [1.29, 1.82) is 0 Å². The molecule has 0 aliphatic carbocycles. The van der Waals surface area contributed by atoms with Crippen LogP contribution in [0.2, 0.25) is 0 Å². The van der Waals surface area contributed by atoms with E-state index in [1.807, 2.05) is 19.2 Å². The normalized spacial score (nSPS) is 22.4. The maximum Gasteiger partial charge on any atom is 0.308 e. The average Bonchev–Trinajstić information content (AvgIpc) is 3.05. The third-order valence-corrected chi connectivity index (χ3v) is 4.91. The SMILES string of the molecule is Cc1ccc(N2CCC(C(=O)N3CCC(C(=O)O)C3)CC2)nc1. The second-order valence-corrected chi connectivity index (χ2v) is 6.56. The number of anilines is 1. The molecule has 2 aliphatic rings. The van der Waals surface area contributed by atoms with Gasteiger partial charge in [0.1, 0.15) is 5.82 Å². The van der Waals surface area contributed by atoms with Gasteiger partial charge in [0.05, 0.1) is 5.92 Å². The van der Waals surface area contributed by atoms with Crippen molar-refractivity contribution in [2.75, 3.05) is 31.1 Å². The van der Waals surface area contributed by atoms with Crippen LogP contribution in [0.4, 0.5) is 5.82 Å². The summed E-state index contributed by atoms with van der Waals surface area (Å²) in [6.07, 6.45) is 4.06. The molecule has 1 atom stereocenters. The van der Waals surface area contributed by atoms with Crippen molar-refractivity contribution in [2.24, 2.45) is 11.8 Å². The summed E-state index contributed by atoms with van der Waals surface area (Å²) in [4.78, 5) is 32.0. The number of carboxylic acid groups (broad SMARTS) is 1. The number of hydrogen-bond donors (Lipinski definition) is 1. The van der Waals surface area contributed by atoms with Crippen molar-refractivity contribution < 1.29 is 14.7 Å². The number of pyridine rings is 1. The molecule has 3 heterocycles. The highest BCUT2D eigenvalue weighted by Crippen LogP contribution is 2.26. The largest absolute Gasteiger partial charge is 0.481 e. The van der Waals surface area contributed by atoms with Gasteiger partial charge in [0.15, 0.2) is 0 Å². The number of nitrogens with zero attached hydrogens (tertiary/aromatic N) is 3. The third kappa shape index (κ3) is 3.46. The van der Waals surface area contributed by atoms with E-state index in [1.54, 1.807) is 4.90 Å². The molecule has 2 saturated heterocycles. The van der Waals surface area contributed by atoms with E-state index in [0.717, 1.165) is 37.3 Å². The quantitative estimate of drug-likeness (QED) is 0.915. The summed E-state index contributed by atoms with van der Waals surface area (Å²) < 4.78 is 0. The molecule has 0 saturated carbocycles. The van der Waals surface area contributed by atoms with E-state index in [9.17, 15) is 9.59 Å². The number of hydrogen-bond acceptors (Lipinski definition) is 4. The minimum absolute atomic E-state index is 0.0178. The van der Waals surface area contributed by atoms with Crippen molar-refractivity contribution in [1.82, 2.24) is 9.88 Å². The molecular formula is C17H23N3O3. The molecule has 1 amide bonds. The Hall–Kier alpha value is -2.11. The lowest BCUT2D eigenvalue weighted by atomic mass is 9.95. The van der Waals surface area contributed by atoms with E-state index in [2.05, 4.69) is 16.0 Å². The van der Waals surface area contributed by atoms with Gasteiger partial charge >= 0.3 is 5.97 Å². The van der Waals surface area contributed by atoms with Gasteiger partial charge in [0.25, 0.3) is 0 Å². The maximum atomic E-state index is 12.6. The number of carbonyl (C=O) groups excluding carboxylic acids is 1. The van der Waals surface area contributed by atoms with Crippen LogP contribution >= 0.6 is 0 Å². The average molecular weight is 317 g/mol. The smallest absolute Gasteiger partial charge is 0.308 e. The van der Waals surface area contributed by atoms with Crippen molar-refractivity contribution in [3.05, 3.63) is 23.9 Å². The van der Waals surface area contributed by atoms with Crippen molar-refractivity contribution in [3.63, 3.8) is 0 Å². The first-order valence-corrected chi connectivity index (χ1v) is 8.24. The highest BCUT2D eigenvalue weighted by molar-refractivity contribution is 5.81. The van der Waals surface area contributed by atoms with Crippen LogP contribution < -0.4 is 4.90 Å². The number of carboxylic acids is 1. The van der Waals surface area contributed by atoms with Gasteiger partial charge in [0.2, 0.25) is 5.91 Å². The van der Waals surface area contributed by atoms with Gasteiger partial charge in [-0.2, -0.15) is 0 Å². The molecule has 23 heavy (non-hydrogen) atoms. The zero-order valence-electron chi connectivity index (χ0n) is 13.4. The molecule has 0 radical (unpaired) electrons. The number of likely N-dealkylation sites (tertiary alicyclic amines) is 1. The van der Waals surface area contributed by atoms with Gasteiger partial charge in [-0.05, 0) is 37.8 Å². The molecule has 6 heteroatoms. The van der Waals surface area contributed by atoms with Crippen LogP contribution in [-0.2, 0) is 9.59 Å². The fraction of sp³-hybridized carbons (Fsp3) is 0.588. The van der Waals surface area contributed by atoms with Crippen LogP contribution in [0.25, 0.3) is 0 Å². The molecule has 0 bridgehead atoms. The minimum Gasteiger partial charge on any atom is -0.481 e. The fourth-order valence-electron chi connectivity index (χ4n) is 3.42. The highest BCUT2D eigenvalue weighted by atomic mass is 16.4. The zero-order chi connectivity index (χ0) is 16.4. The Balaban J connectivity index is 1.53. The first-order chi connectivity index (χ1) is 11.0. The number of aromatic nitrogens is 1. The molecular weight excluding hydrogens is 294 g/mol. The van der Waals surface area contributed by atoms with Crippen LogP contribution in [0.1, 0.15) is 24.8 Å². The molecule has 0 aromatic carbocycles. The molecule has 2 fully saturated rings. The molecule has 1 aromatic rings. The molecule has 124 valence electrons. The topological polar surface area (TPSA) is 73.7 Å². The van der Waals surface area contributed by atoms with Crippen molar-refractivity contribution in [2.45, 2.75) is 26.2 Å². The Kier molecular flexibility index (Phi) is 4.50. The zero-order valence-corrected chi connectivity index (χ0v) is 13.4. The van der Waals surface area contributed by atoms with Crippen molar-refractivity contribution >= 4 is 17.7 Å². The maximum absolute atomic E-state index is 12.6. The third-order valence-electron chi connectivity index (χ3n) is 4.91. The lowest BCUT2D eigenvalue weighted by Gasteiger charge is -2.33. The van der Waals surface area contributed by atoms with Crippen LogP contribution in [0.5, 0.6) is 0 Å². The number of aliphatic carboxylic acids is 1. The van der Waals surface area contributed by atoms with Gasteiger partial charge in [-0.3, -0.25) is 9.59 Å². The minimum atomic E-state index is -0.791. The number of amides is 1. The number of piperidine rings is 1. The van der Waals surface area contributed by atoms with E-state index in [1.165, 1.54) is 0 Å². The predicted molar refractivity (Wildman–Crippen MR) is 86.2 cm³/mol. The number of aryl methyl sites for hydroxylation is 1.